The van der Waals surface area contributed by atoms with Crippen LogP contribution in [0.5, 0.6) is 0 Å². The Bertz CT molecular complexity index is 381. The predicted molar refractivity (Wildman–Crippen MR) is 71.6 cm³/mol. The van der Waals surface area contributed by atoms with E-state index in [2.05, 4.69) is 17.3 Å². The average molecular weight is 268 g/mol. The number of carboxylic acid groups (broad SMARTS) is 1. The second-order valence-corrected chi connectivity index (χ2v) is 6.63. The standard InChI is InChI=1S/C14H24N2O3/c1-14(2)10(11(14)13(18)19)12(17)15-7-9-5-4-6-16(3)8-9/h9-11H,4-8H2,1-3H3,(H,15,17)(H,18,19)/t9?,10-,11+/m1/s1. The Hall–Kier alpha value is -1.10. The van der Waals surface area contributed by atoms with E-state index in [-0.39, 0.29) is 11.8 Å². The van der Waals surface area contributed by atoms with Gasteiger partial charge in [-0.05, 0) is 37.8 Å². The maximum atomic E-state index is 12.1. The smallest absolute Gasteiger partial charge is 0.307 e. The van der Waals surface area contributed by atoms with Gasteiger partial charge in [-0.15, -0.1) is 0 Å². The minimum Gasteiger partial charge on any atom is -0.481 e. The second kappa shape index (κ2) is 5.12. The molecule has 1 saturated carbocycles. The first-order valence-corrected chi connectivity index (χ1v) is 7.03. The summed E-state index contributed by atoms with van der Waals surface area (Å²) in [6, 6.07) is 0. The average Bonchev–Trinajstić information content (AvgIpc) is 2.90. The zero-order valence-corrected chi connectivity index (χ0v) is 12.0. The third-order valence-electron chi connectivity index (χ3n) is 4.66. The molecule has 0 aromatic rings. The number of likely N-dealkylation sites (tertiary alicyclic amines) is 1. The minimum absolute atomic E-state index is 0.0920. The normalized spacial score (nSPS) is 33.7. The fourth-order valence-electron chi connectivity index (χ4n) is 3.38. The van der Waals surface area contributed by atoms with Crippen LogP contribution < -0.4 is 5.32 Å². The lowest BCUT2D eigenvalue weighted by Gasteiger charge is -2.29. The van der Waals surface area contributed by atoms with Gasteiger partial charge in [0.15, 0.2) is 0 Å². The van der Waals surface area contributed by atoms with E-state index in [1.165, 1.54) is 6.42 Å². The number of carbonyl (C=O) groups is 2. The number of piperidine rings is 1. The molecular weight excluding hydrogens is 244 g/mol. The Morgan fingerprint density at radius 2 is 2.05 bits per heavy atom. The summed E-state index contributed by atoms with van der Waals surface area (Å²) < 4.78 is 0. The fourth-order valence-corrected chi connectivity index (χ4v) is 3.38. The molecule has 1 heterocycles. The lowest BCUT2D eigenvalue weighted by molar-refractivity contribution is -0.140. The van der Waals surface area contributed by atoms with Gasteiger partial charge in [0.2, 0.25) is 5.91 Å². The van der Waals surface area contributed by atoms with E-state index < -0.39 is 17.3 Å². The van der Waals surface area contributed by atoms with Gasteiger partial charge < -0.3 is 15.3 Å². The molecular formula is C14H24N2O3. The van der Waals surface area contributed by atoms with Crippen LogP contribution in [-0.2, 0) is 9.59 Å². The van der Waals surface area contributed by atoms with E-state index in [1.54, 1.807) is 0 Å². The zero-order valence-electron chi connectivity index (χ0n) is 12.0. The first-order valence-electron chi connectivity index (χ1n) is 7.03. The van der Waals surface area contributed by atoms with Crippen LogP contribution in [0.15, 0.2) is 0 Å². The number of rotatable bonds is 4. The van der Waals surface area contributed by atoms with E-state index in [9.17, 15) is 9.59 Å². The Morgan fingerprint density at radius 3 is 2.58 bits per heavy atom. The maximum Gasteiger partial charge on any atom is 0.307 e. The van der Waals surface area contributed by atoms with Crippen molar-refractivity contribution in [3.63, 3.8) is 0 Å². The molecule has 3 atom stereocenters. The van der Waals surface area contributed by atoms with E-state index in [4.69, 9.17) is 5.11 Å². The number of amides is 1. The molecule has 1 aliphatic carbocycles. The predicted octanol–water partition coefficient (Wildman–Crippen LogP) is 0.801. The third-order valence-corrected chi connectivity index (χ3v) is 4.66. The molecule has 0 spiro atoms. The van der Waals surface area contributed by atoms with Crippen molar-refractivity contribution < 1.29 is 14.7 Å². The van der Waals surface area contributed by atoms with Crippen molar-refractivity contribution in [3.05, 3.63) is 0 Å². The fraction of sp³-hybridized carbons (Fsp3) is 0.857. The quantitative estimate of drug-likeness (QED) is 0.791. The summed E-state index contributed by atoms with van der Waals surface area (Å²) in [6.07, 6.45) is 2.31. The van der Waals surface area contributed by atoms with E-state index in [0.29, 0.717) is 12.5 Å². The van der Waals surface area contributed by atoms with Gasteiger partial charge in [-0.1, -0.05) is 13.8 Å². The van der Waals surface area contributed by atoms with Crippen molar-refractivity contribution in [2.24, 2.45) is 23.2 Å². The van der Waals surface area contributed by atoms with Crippen molar-refractivity contribution in [3.8, 4) is 0 Å². The van der Waals surface area contributed by atoms with Crippen LogP contribution in [0.25, 0.3) is 0 Å². The number of carbonyl (C=O) groups excluding carboxylic acids is 1. The highest BCUT2D eigenvalue weighted by Gasteiger charge is 2.65. The SMILES string of the molecule is CN1CCCC(CNC(=O)[C@H]2[C@@H](C(=O)O)C2(C)C)C1. The summed E-state index contributed by atoms with van der Waals surface area (Å²) in [5.74, 6) is -1.35. The molecule has 0 bridgehead atoms. The highest BCUT2D eigenvalue weighted by molar-refractivity contribution is 5.91. The summed E-state index contributed by atoms with van der Waals surface area (Å²) in [7, 11) is 2.10. The van der Waals surface area contributed by atoms with Crippen LogP contribution in [0.4, 0.5) is 0 Å². The molecule has 1 aliphatic heterocycles. The highest BCUT2D eigenvalue weighted by atomic mass is 16.4. The second-order valence-electron chi connectivity index (χ2n) is 6.63. The Morgan fingerprint density at radius 1 is 1.37 bits per heavy atom. The summed E-state index contributed by atoms with van der Waals surface area (Å²) in [5.41, 5.74) is -0.403. The molecule has 0 radical (unpaired) electrons. The molecule has 108 valence electrons. The van der Waals surface area contributed by atoms with Gasteiger partial charge >= 0.3 is 5.97 Å². The van der Waals surface area contributed by atoms with Gasteiger partial charge in [0, 0.05) is 13.1 Å². The number of nitrogens with one attached hydrogen (secondary N) is 1. The maximum absolute atomic E-state index is 12.1. The van der Waals surface area contributed by atoms with Crippen molar-refractivity contribution in [2.45, 2.75) is 26.7 Å². The first kappa shape index (κ1) is 14.3. The van der Waals surface area contributed by atoms with Crippen LogP contribution in [0, 0.1) is 23.2 Å². The van der Waals surface area contributed by atoms with E-state index in [0.717, 1.165) is 19.5 Å². The molecule has 0 aromatic carbocycles. The molecule has 5 heteroatoms. The highest BCUT2D eigenvalue weighted by Crippen LogP contribution is 2.58. The van der Waals surface area contributed by atoms with Gasteiger partial charge in [0.1, 0.15) is 0 Å². The number of hydrogen-bond donors (Lipinski definition) is 2. The number of nitrogens with zero attached hydrogens (tertiary/aromatic N) is 1. The van der Waals surface area contributed by atoms with Crippen molar-refractivity contribution in [1.29, 1.82) is 0 Å². The van der Waals surface area contributed by atoms with Crippen LogP contribution >= 0.6 is 0 Å². The number of carboxylic acids is 1. The van der Waals surface area contributed by atoms with Crippen molar-refractivity contribution in [1.82, 2.24) is 10.2 Å². The van der Waals surface area contributed by atoms with Crippen molar-refractivity contribution >= 4 is 11.9 Å². The summed E-state index contributed by atoms with van der Waals surface area (Å²) in [5, 5.41) is 12.0. The Kier molecular flexibility index (Phi) is 3.85. The molecule has 1 unspecified atom stereocenters. The van der Waals surface area contributed by atoms with Crippen LogP contribution in [0.1, 0.15) is 26.7 Å². The molecule has 1 amide bonds. The molecule has 1 saturated heterocycles. The van der Waals surface area contributed by atoms with Crippen LogP contribution in [0.3, 0.4) is 0 Å². The summed E-state index contributed by atoms with van der Waals surface area (Å²) >= 11 is 0. The Labute approximate surface area is 114 Å². The van der Waals surface area contributed by atoms with Gasteiger partial charge in [-0.2, -0.15) is 0 Å². The molecule has 5 nitrogen and oxygen atoms in total. The molecule has 2 aliphatic rings. The van der Waals surface area contributed by atoms with Crippen molar-refractivity contribution in [2.75, 3.05) is 26.7 Å². The number of aliphatic carboxylic acids is 1. The topological polar surface area (TPSA) is 69.6 Å². The zero-order chi connectivity index (χ0) is 14.2. The van der Waals surface area contributed by atoms with Crippen LogP contribution in [-0.4, -0.2) is 48.6 Å². The van der Waals surface area contributed by atoms with E-state index >= 15 is 0 Å². The Balaban J connectivity index is 1.81. The summed E-state index contributed by atoms with van der Waals surface area (Å²) in [4.78, 5) is 25.4. The molecule has 0 aromatic heterocycles. The third kappa shape index (κ3) is 2.91. The van der Waals surface area contributed by atoms with Gasteiger partial charge in [0.05, 0.1) is 11.8 Å². The largest absolute Gasteiger partial charge is 0.481 e. The minimum atomic E-state index is -0.859. The van der Waals surface area contributed by atoms with Gasteiger partial charge in [-0.25, -0.2) is 0 Å². The van der Waals surface area contributed by atoms with Gasteiger partial charge in [0.25, 0.3) is 0 Å². The van der Waals surface area contributed by atoms with Gasteiger partial charge in [-0.3, -0.25) is 9.59 Å². The first-order chi connectivity index (χ1) is 8.84. The number of hydrogen-bond acceptors (Lipinski definition) is 3. The summed E-state index contributed by atoms with van der Waals surface area (Å²) in [6.45, 7) is 6.51. The lowest BCUT2D eigenvalue weighted by Crippen LogP contribution is -2.39. The lowest BCUT2D eigenvalue weighted by atomic mass is 9.98. The molecule has 2 rings (SSSR count). The van der Waals surface area contributed by atoms with Crippen LogP contribution in [0.2, 0.25) is 0 Å². The molecule has 2 fully saturated rings. The molecule has 19 heavy (non-hydrogen) atoms. The van der Waals surface area contributed by atoms with E-state index in [1.807, 2.05) is 13.8 Å². The molecule has 2 N–H and O–H groups in total. The monoisotopic (exact) mass is 268 g/mol.